The highest BCUT2D eigenvalue weighted by Gasteiger charge is 2.59. The van der Waals surface area contributed by atoms with Crippen molar-refractivity contribution >= 4 is 21.6 Å². The van der Waals surface area contributed by atoms with Crippen LogP contribution in [-0.4, -0.2) is 6.04 Å². The Balaban J connectivity index is 1.93. The summed E-state index contributed by atoms with van der Waals surface area (Å²) in [6.07, 6.45) is 3.59. The smallest absolute Gasteiger partial charge is 0.147 e. The predicted molar refractivity (Wildman–Crippen MR) is 80.7 cm³/mol. The average Bonchev–Trinajstić information content (AvgIpc) is 2.82. The van der Waals surface area contributed by atoms with E-state index in [2.05, 4.69) is 42.0 Å². The van der Waals surface area contributed by atoms with Gasteiger partial charge in [-0.15, -0.1) is 0 Å². The van der Waals surface area contributed by atoms with Gasteiger partial charge in [-0.3, -0.25) is 0 Å². The molecule has 2 fully saturated rings. The Labute approximate surface area is 127 Å². The topological polar surface area (TPSA) is 12.0 Å². The lowest BCUT2D eigenvalue weighted by molar-refractivity contribution is 0.155. The van der Waals surface area contributed by atoms with Gasteiger partial charge in [0, 0.05) is 12.1 Å². The highest BCUT2D eigenvalue weighted by Crippen LogP contribution is 2.63. The van der Waals surface area contributed by atoms with Gasteiger partial charge in [0.05, 0.1) is 10.2 Å². The van der Waals surface area contributed by atoms with E-state index in [1.807, 2.05) is 0 Å². The van der Waals surface area contributed by atoms with E-state index < -0.39 is 11.6 Å². The van der Waals surface area contributed by atoms with E-state index in [-0.39, 0.29) is 27.0 Å². The highest BCUT2D eigenvalue weighted by atomic mass is 79.9. The molecule has 0 spiro atoms. The Morgan fingerprint density at radius 1 is 1.20 bits per heavy atom. The zero-order chi connectivity index (χ0) is 14.7. The molecule has 2 aliphatic rings. The molecule has 2 saturated carbocycles. The molecule has 3 rings (SSSR count). The fourth-order valence-corrected chi connectivity index (χ4v) is 4.77. The zero-order valence-corrected chi connectivity index (χ0v) is 13.7. The van der Waals surface area contributed by atoms with Crippen LogP contribution >= 0.6 is 15.9 Å². The number of fused-ring (bicyclic) bond motifs is 2. The molecule has 4 heteroatoms. The fraction of sp³-hybridized carbons (Fsp3) is 0.625. The van der Waals surface area contributed by atoms with Crippen molar-refractivity contribution in [3.8, 4) is 0 Å². The molecule has 1 aromatic carbocycles. The Kier molecular flexibility index (Phi) is 3.16. The average molecular weight is 344 g/mol. The summed E-state index contributed by atoms with van der Waals surface area (Å²) in [5, 5.41) is 3.30. The molecule has 20 heavy (non-hydrogen) atoms. The molecule has 1 aromatic rings. The van der Waals surface area contributed by atoms with Crippen LogP contribution in [0.2, 0.25) is 0 Å². The van der Waals surface area contributed by atoms with Gasteiger partial charge in [0.25, 0.3) is 0 Å². The van der Waals surface area contributed by atoms with Crippen molar-refractivity contribution in [2.75, 3.05) is 5.32 Å². The van der Waals surface area contributed by atoms with Crippen molar-refractivity contribution in [3.05, 3.63) is 28.2 Å². The van der Waals surface area contributed by atoms with Gasteiger partial charge in [0.2, 0.25) is 0 Å². The number of benzene rings is 1. The van der Waals surface area contributed by atoms with Gasteiger partial charge in [-0.05, 0) is 58.0 Å². The molecule has 3 unspecified atom stereocenters. The minimum atomic E-state index is -0.431. The van der Waals surface area contributed by atoms with Crippen LogP contribution < -0.4 is 5.32 Å². The summed E-state index contributed by atoms with van der Waals surface area (Å²) in [6, 6.07) is 2.63. The van der Waals surface area contributed by atoms with Crippen LogP contribution in [0, 0.1) is 28.4 Å². The molecule has 2 bridgehead atoms. The molecular formula is C16H20BrF2N. The summed E-state index contributed by atoms with van der Waals surface area (Å²) >= 11 is 3.02. The first-order chi connectivity index (χ1) is 9.24. The van der Waals surface area contributed by atoms with Gasteiger partial charge < -0.3 is 5.32 Å². The van der Waals surface area contributed by atoms with E-state index in [1.165, 1.54) is 31.4 Å². The van der Waals surface area contributed by atoms with Crippen LogP contribution in [-0.2, 0) is 0 Å². The van der Waals surface area contributed by atoms with E-state index in [9.17, 15) is 8.78 Å². The Hall–Kier alpha value is -0.640. The second-order valence-corrected chi connectivity index (χ2v) is 8.09. The monoisotopic (exact) mass is 343 g/mol. The first-order valence-electron chi connectivity index (χ1n) is 7.15. The molecule has 0 heterocycles. The van der Waals surface area contributed by atoms with E-state index in [0.29, 0.717) is 5.92 Å². The van der Waals surface area contributed by atoms with Gasteiger partial charge in [-0.25, -0.2) is 8.78 Å². The third-order valence-electron chi connectivity index (χ3n) is 5.58. The summed E-state index contributed by atoms with van der Waals surface area (Å²) < 4.78 is 27.9. The van der Waals surface area contributed by atoms with Crippen molar-refractivity contribution in [1.29, 1.82) is 0 Å². The van der Waals surface area contributed by atoms with Crippen LogP contribution in [0.5, 0.6) is 0 Å². The van der Waals surface area contributed by atoms with Crippen molar-refractivity contribution in [1.82, 2.24) is 0 Å². The number of halogens is 3. The number of hydrogen-bond acceptors (Lipinski definition) is 1. The number of rotatable bonds is 2. The minimum Gasteiger partial charge on any atom is -0.379 e. The first-order valence-corrected chi connectivity index (χ1v) is 7.94. The van der Waals surface area contributed by atoms with Gasteiger partial charge >= 0.3 is 0 Å². The van der Waals surface area contributed by atoms with Crippen molar-refractivity contribution in [2.45, 2.75) is 46.1 Å². The summed E-state index contributed by atoms with van der Waals surface area (Å²) in [5.41, 5.74) is 0.574. The molecule has 0 amide bonds. The first kappa shape index (κ1) is 14.3. The SMILES string of the molecule is CC12CCC(C1)C(C)(C)C2Nc1cc(F)c(Br)cc1F. The minimum absolute atomic E-state index is 0.114. The lowest BCUT2D eigenvalue weighted by Gasteiger charge is -2.43. The summed E-state index contributed by atoms with van der Waals surface area (Å²) in [5.74, 6) is -0.158. The van der Waals surface area contributed by atoms with Crippen LogP contribution in [0.3, 0.4) is 0 Å². The third kappa shape index (κ3) is 1.99. The van der Waals surface area contributed by atoms with E-state index in [0.717, 1.165) is 0 Å². The van der Waals surface area contributed by atoms with Crippen LogP contribution in [0.25, 0.3) is 0 Å². The molecule has 1 N–H and O–H groups in total. The molecule has 110 valence electrons. The van der Waals surface area contributed by atoms with Crippen LogP contribution in [0.4, 0.5) is 14.5 Å². The van der Waals surface area contributed by atoms with Gasteiger partial charge in [-0.2, -0.15) is 0 Å². The second kappa shape index (κ2) is 4.43. The van der Waals surface area contributed by atoms with Gasteiger partial charge in [0.1, 0.15) is 11.6 Å². The third-order valence-corrected chi connectivity index (χ3v) is 6.19. The zero-order valence-electron chi connectivity index (χ0n) is 12.1. The molecule has 3 atom stereocenters. The highest BCUT2D eigenvalue weighted by molar-refractivity contribution is 9.10. The maximum Gasteiger partial charge on any atom is 0.147 e. The molecule has 0 saturated heterocycles. The Bertz CT molecular complexity index is 553. The summed E-state index contributed by atoms with van der Waals surface area (Å²) in [7, 11) is 0. The van der Waals surface area contributed by atoms with Crippen molar-refractivity contribution < 1.29 is 8.78 Å². The van der Waals surface area contributed by atoms with Gasteiger partial charge in [-0.1, -0.05) is 20.8 Å². The molecular weight excluding hydrogens is 324 g/mol. The molecule has 2 aliphatic carbocycles. The summed E-state index contributed by atoms with van der Waals surface area (Å²) in [6.45, 7) is 6.76. The molecule has 1 nitrogen and oxygen atoms in total. The van der Waals surface area contributed by atoms with Gasteiger partial charge in [0.15, 0.2) is 0 Å². The van der Waals surface area contributed by atoms with E-state index >= 15 is 0 Å². The Morgan fingerprint density at radius 3 is 2.50 bits per heavy atom. The fourth-order valence-electron chi connectivity index (χ4n) is 4.45. The normalized spacial score (nSPS) is 34.5. The molecule has 0 radical (unpaired) electrons. The van der Waals surface area contributed by atoms with E-state index in [1.54, 1.807) is 0 Å². The quantitative estimate of drug-likeness (QED) is 0.713. The lowest BCUT2D eigenvalue weighted by Crippen LogP contribution is -2.46. The second-order valence-electron chi connectivity index (χ2n) is 7.24. The number of nitrogens with one attached hydrogen (secondary N) is 1. The maximum absolute atomic E-state index is 14.0. The molecule has 0 aromatic heterocycles. The lowest BCUT2D eigenvalue weighted by atomic mass is 9.68. The van der Waals surface area contributed by atoms with Crippen LogP contribution in [0.1, 0.15) is 40.0 Å². The molecule has 0 aliphatic heterocycles. The predicted octanol–water partition coefficient (Wildman–Crippen LogP) is 5.35. The largest absolute Gasteiger partial charge is 0.379 e. The van der Waals surface area contributed by atoms with Crippen LogP contribution in [0.15, 0.2) is 16.6 Å². The standard InChI is InChI=1S/C16H20BrF2N/c1-15(2)9-4-5-16(3,8-9)14(15)20-13-7-11(18)10(17)6-12(13)19/h6-7,9,14,20H,4-5,8H2,1-3H3. The maximum atomic E-state index is 14.0. The van der Waals surface area contributed by atoms with E-state index in [4.69, 9.17) is 0 Å². The van der Waals surface area contributed by atoms with Crippen molar-refractivity contribution in [3.63, 3.8) is 0 Å². The Morgan fingerprint density at radius 2 is 1.90 bits per heavy atom. The number of anilines is 1. The number of hydrogen-bond donors (Lipinski definition) is 1. The van der Waals surface area contributed by atoms with Crippen molar-refractivity contribution in [2.24, 2.45) is 16.7 Å². The summed E-state index contributed by atoms with van der Waals surface area (Å²) in [4.78, 5) is 0.